The molecule has 0 aliphatic heterocycles. The van der Waals surface area contributed by atoms with Crippen molar-refractivity contribution in [3.8, 4) is 45.3 Å². The van der Waals surface area contributed by atoms with Crippen LogP contribution in [-0.2, 0) is 0 Å². The highest BCUT2D eigenvalue weighted by atomic mass is 32.1. The molecule has 0 spiro atoms. The third-order valence-electron chi connectivity index (χ3n) is 10.1. The van der Waals surface area contributed by atoms with E-state index in [-0.39, 0.29) is 0 Å². The van der Waals surface area contributed by atoms with E-state index >= 15 is 0 Å². The van der Waals surface area contributed by atoms with Crippen molar-refractivity contribution in [1.29, 1.82) is 0 Å². The van der Waals surface area contributed by atoms with Gasteiger partial charge in [0, 0.05) is 57.0 Å². The number of hydrogen-bond acceptors (Lipinski definition) is 5. The first kappa shape index (κ1) is 29.5. The molecule has 0 atom stereocenters. The van der Waals surface area contributed by atoms with Gasteiger partial charge in [-0.15, -0.1) is 22.7 Å². The fourth-order valence-electron chi connectivity index (χ4n) is 7.66. The fraction of sp³-hybridized carbons (Fsp3) is 0. The van der Waals surface area contributed by atoms with Crippen molar-refractivity contribution < 1.29 is 0 Å². The van der Waals surface area contributed by atoms with Crippen LogP contribution >= 0.6 is 22.7 Å². The molecule has 3 nitrogen and oxygen atoms in total. The van der Waals surface area contributed by atoms with Crippen LogP contribution < -0.4 is 0 Å². The molecule has 0 saturated heterocycles. The second kappa shape index (κ2) is 11.6. The number of fused-ring (bicyclic) bond motifs is 10. The van der Waals surface area contributed by atoms with E-state index in [1.165, 1.54) is 67.5 Å². The van der Waals surface area contributed by atoms with E-state index in [0.717, 1.165) is 22.3 Å². The smallest absolute Gasteiger partial charge is 0.164 e. The summed E-state index contributed by atoms with van der Waals surface area (Å²) in [5.74, 6) is 2.00. The second-order valence-electron chi connectivity index (χ2n) is 13.1. The van der Waals surface area contributed by atoms with Crippen LogP contribution in [-0.4, -0.2) is 15.0 Å². The minimum absolute atomic E-state index is 0.654. The maximum atomic E-state index is 5.44. The summed E-state index contributed by atoms with van der Waals surface area (Å²) in [6.07, 6.45) is 0. The van der Waals surface area contributed by atoms with Crippen molar-refractivity contribution in [2.75, 3.05) is 0 Å². The SMILES string of the molecule is c1ccc(-c2ccc(-c3nc(-c4cc5ccccc5c5sc6ccccc6c45)nc(-c4cc5ccccc5c5sc6ccccc6c45)n3)cc2)cc1. The fourth-order valence-corrected chi connectivity index (χ4v) is 10.2. The number of aromatic nitrogens is 3. The molecule has 3 aromatic heterocycles. The van der Waals surface area contributed by atoms with Gasteiger partial charge in [0.1, 0.15) is 0 Å². The Hall–Kier alpha value is -6.27. The molecule has 0 aliphatic carbocycles. The standard InChI is InChI=1S/C47H27N3S2/c1-2-12-28(13-3-1)29-22-24-30(25-23-29)45-48-46(37-26-31-14-4-6-16-33(31)43-41(37)35-18-8-10-20-39(35)51-43)50-47(49-45)38-27-32-15-5-7-17-34(32)44-42(38)36-19-9-11-21-40(36)52-44/h1-27H. The predicted octanol–water partition coefficient (Wildman–Crippen LogP) is 13.6. The first-order valence-electron chi connectivity index (χ1n) is 17.4. The highest BCUT2D eigenvalue weighted by Crippen LogP contribution is 2.46. The summed E-state index contributed by atoms with van der Waals surface area (Å²) in [6, 6.07) is 58.3. The predicted molar refractivity (Wildman–Crippen MR) is 222 cm³/mol. The Morgan fingerprint density at radius 2 is 0.731 bits per heavy atom. The molecule has 242 valence electrons. The zero-order valence-electron chi connectivity index (χ0n) is 27.7. The van der Waals surface area contributed by atoms with Gasteiger partial charge in [0.2, 0.25) is 0 Å². The third kappa shape index (κ3) is 4.60. The summed E-state index contributed by atoms with van der Waals surface area (Å²) in [7, 11) is 0. The van der Waals surface area contributed by atoms with Crippen LogP contribution in [0.2, 0.25) is 0 Å². The Morgan fingerprint density at radius 1 is 0.327 bits per heavy atom. The second-order valence-corrected chi connectivity index (χ2v) is 15.2. The lowest BCUT2D eigenvalue weighted by molar-refractivity contribution is 1.08. The molecule has 0 N–H and O–H groups in total. The molecule has 8 aromatic carbocycles. The van der Waals surface area contributed by atoms with Gasteiger partial charge < -0.3 is 0 Å². The molecule has 0 bridgehead atoms. The number of rotatable bonds is 4. The summed E-state index contributed by atoms with van der Waals surface area (Å²) in [5, 5.41) is 9.64. The van der Waals surface area contributed by atoms with Crippen molar-refractivity contribution >= 4 is 84.6 Å². The van der Waals surface area contributed by atoms with Gasteiger partial charge in [-0.1, -0.05) is 140 Å². The van der Waals surface area contributed by atoms with Crippen molar-refractivity contribution in [2.24, 2.45) is 0 Å². The molecule has 52 heavy (non-hydrogen) atoms. The molecule has 0 saturated carbocycles. The van der Waals surface area contributed by atoms with Crippen LogP contribution in [0.3, 0.4) is 0 Å². The Kier molecular flexibility index (Phi) is 6.59. The quantitative estimate of drug-likeness (QED) is 0.184. The van der Waals surface area contributed by atoms with Crippen LogP contribution in [0.15, 0.2) is 164 Å². The van der Waals surface area contributed by atoms with Crippen molar-refractivity contribution in [3.63, 3.8) is 0 Å². The van der Waals surface area contributed by atoms with Gasteiger partial charge in [-0.2, -0.15) is 0 Å². The van der Waals surface area contributed by atoms with Gasteiger partial charge in [0.25, 0.3) is 0 Å². The maximum Gasteiger partial charge on any atom is 0.164 e. The highest BCUT2D eigenvalue weighted by molar-refractivity contribution is 7.27. The normalized spacial score (nSPS) is 11.8. The van der Waals surface area contributed by atoms with E-state index in [0.29, 0.717) is 17.5 Å². The average Bonchev–Trinajstić information content (AvgIpc) is 3.81. The van der Waals surface area contributed by atoms with Gasteiger partial charge in [-0.25, -0.2) is 15.0 Å². The molecule has 11 rings (SSSR count). The van der Waals surface area contributed by atoms with E-state index in [4.69, 9.17) is 15.0 Å². The van der Waals surface area contributed by atoms with Crippen molar-refractivity contribution in [1.82, 2.24) is 15.0 Å². The molecule has 0 radical (unpaired) electrons. The van der Waals surface area contributed by atoms with E-state index in [1.54, 1.807) is 0 Å². The molecule has 0 amide bonds. The van der Waals surface area contributed by atoms with Gasteiger partial charge in [-0.05, 0) is 56.9 Å². The highest BCUT2D eigenvalue weighted by Gasteiger charge is 2.22. The lowest BCUT2D eigenvalue weighted by Gasteiger charge is -2.13. The summed E-state index contributed by atoms with van der Waals surface area (Å²) in [4.78, 5) is 16.1. The first-order valence-corrected chi connectivity index (χ1v) is 19.0. The zero-order valence-corrected chi connectivity index (χ0v) is 29.4. The minimum atomic E-state index is 0.654. The zero-order chi connectivity index (χ0) is 34.2. The number of benzene rings is 8. The molecule has 5 heteroatoms. The lowest BCUT2D eigenvalue weighted by Crippen LogP contribution is -2.01. The molecule has 0 aliphatic rings. The van der Waals surface area contributed by atoms with E-state index < -0.39 is 0 Å². The summed E-state index contributed by atoms with van der Waals surface area (Å²) in [5.41, 5.74) is 5.31. The number of thiophene rings is 2. The van der Waals surface area contributed by atoms with Gasteiger partial charge in [-0.3, -0.25) is 0 Å². The van der Waals surface area contributed by atoms with E-state index in [1.807, 2.05) is 28.7 Å². The van der Waals surface area contributed by atoms with E-state index in [9.17, 15) is 0 Å². The van der Waals surface area contributed by atoms with Gasteiger partial charge >= 0.3 is 0 Å². The topological polar surface area (TPSA) is 38.7 Å². The molecular weight excluding hydrogens is 671 g/mol. The van der Waals surface area contributed by atoms with Crippen LogP contribution in [0.5, 0.6) is 0 Å². The Labute approximate surface area is 307 Å². The number of hydrogen-bond donors (Lipinski definition) is 0. The van der Waals surface area contributed by atoms with Crippen LogP contribution in [0.25, 0.3) is 107 Å². The van der Waals surface area contributed by atoms with Crippen molar-refractivity contribution in [3.05, 3.63) is 164 Å². The van der Waals surface area contributed by atoms with Crippen LogP contribution in [0, 0.1) is 0 Å². The molecular formula is C47H27N3S2. The largest absolute Gasteiger partial charge is 0.208 e. The Morgan fingerprint density at radius 3 is 1.27 bits per heavy atom. The number of nitrogens with zero attached hydrogens (tertiary/aromatic N) is 3. The summed E-state index contributed by atoms with van der Waals surface area (Å²) < 4.78 is 5.01. The minimum Gasteiger partial charge on any atom is -0.208 e. The molecule has 0 fully saturated rings. The third-order valence-corrected chi connectivity index (χ3v) is 12.5. The lowest BCUT2D eigenvalue weighted by atomic mass is 9.98. The molecule has 0 unspecified atom stereocenters. The first-order chi connectivity index (χ1) is 25.8. The Bertz CT molecular complexity index is 3010. The van der Waals surface area contributed by atoms with E-state index in [2.05, 4.69) is 158 Å². The van der Waals surface area contributed by atoms with Gasteiger partial charge in [0.15, 0.2) is 17.5 Å². The van der Waals surface area contributed by atoms with Crippen LogP contribution in [0.1, 0.15) is 0 Å². The van der Waals surface area contributed by atoms with Crippen molar-refractivity contribution in [2.45, 2.75) is 0 Å². The average molecular weight is 698 g/mol. The monoisotopic (exact) mass is 697 g/mol. The Balaban J connectivity index is 1.24. The maximum absolute atomic E-state index is 5.44. The summed E-state index contributed by atoms with van der Waals surface area (Å²) >= 11 is 3.67. The molecule has 3 heterocycles. The summed E-state index contributed by atoms with van der Waals surface area (Å²) in [6.45, 7) is 0. The van der Waals surface area contributed by atoms with Gasteiger partial charge in [0.05, 0.1) is 0 Å². The molecule has 11 aromatic rings. The van der Waals surface area contributed by atoms with Crippen LogP contribution in [0.4, 0.5) is 0 Å².